The van der Waals surface area contributed by atoms with Gasteiger partial charge in [-0.05, 0) is 24.3 Å². The molecular formula is C26H28FN7O2. The predicted molar refractivity (Wildman–Crippen MR) is 135 cm³/mol. The number of hydrogen-bond donors (Lipinski definition) is 2. The lowest BCUT2D eigenvalue weighted by molar-refractivity contribution is 0.187. The first kappa shape index (κ1) is 23.8. The van der Waals surface area contributed by atoms with Crippen molar-refractivity contribution in [2.24, 2.45) is 0 Å². The minimum absolute atomic E-state index is 0.206. The van der Waals surface area contributed by atoms with Crippen molar-refractivity contribution in [3.63, 3.8) is 0 Å². The zero-order valence-corrected chi connectivity index (χ0v) is 20.1. The molecule has 0 saturated heterocycles. The lowest BCUT2D eigenvalue weighted by atomic mass is 10.3. The highest BCUT2D eigenvalue weighted by Crippen LogP contribution is 2.22. The molecule has 0 amide bonds. The van der Waals surface area contributed by atoms with Crippen molar-refractivity contribution in [2.45, 2.75) is 25.9 Å². The van der Waals surface area contributed by atoms with Crippen LogP contribution in [0.25, 0.3) is 22.1 Å². The van der Waals surface area contributed by atoms with E-state index in [4.69, 9.17) is 14.1 Å². The number of pyridine rings is 2. The van der Waals surface area contributed by atoms with E-state index in [1.807, 2.05) is 18.2 Å². The van der Waals surface area contributed by atoms with Crippen LogP contribution in [0.1, 0.15) is 17.4 Å². The molecule has 4 aromatic heterocycles. The Morgan fingerprint density at radius 2 is 1.89 bits per heavy atom. The van der Waals surface area contributed by atoms with Gasteiger partial charge in [-0.2, -0.15) is 0 Å². The summed E-state index contributed by atoms with van der Waals surface area (Å²) in [5.41, 5.74) is 3.70. The van der Waals surface area contributed by atoms with Gasteiger partial charge in [0, 0.05) is 58.0 Å². The molecule has 0 spiro atoms. The average Bonchev–Trinajstić information content (AvgIpc) is 3.48. The Bertz CT molecular complexity index is 1450. The molecule has 1 aromatic carbocycles. The molecule has 0 saturated carbocycles. The molecule has 5 rings (SSSR count). The molecule has 36 heavy (non-hydrogen) atoms. The largest absolute Gasteiger partial charge is 0.440 e. The van der Waals surface area contributed by atoms with E-state index in [2.05, 4.69) is 36.2 Å². The molecule has 0 fully saturated rings. The van der Waals surface area contributed by atoms with E-state index in [0.717, 1.165) is 36.4 Å². The number of ether oxygens (including phenoxy) is 1. The number of fused-ring (bicyclic) bond motifs is 2. The maximum atomic E-state index is 13.9. The van der Waals surface area contributed by atoms with Crippen LogP contribution in [-0.4, -0.2) is 51.3 Å². The van der Waals surface area contributed by atoms with Crippen LogP contribution in [0.2, 0.25) is 0 Å². The molecule has 4 heterocycles. The Morgan fingerprint density at radius 1 is 1.00 bits per heavy atom. The number of imidazole rings is 1. The molecule has 0 bridgehead atoms. The molecule has 10 heteroatoms. The summed E-state index contributed by atoms with van der Waals surface area (Å²) in [6, 6.07) is 12.9. The van der Waals surface area contributed by atoms with Gasteiger partial charge in [0.1, 0.15) is 11.6 Å². The monoisotopic (exact) mass is 489 g/mol. The van der Waals surface area contributed by atoms with Crippen LogP contribution in [-0.2, 0) is 30.7 Å². The molecule has 0 aliphatic rings. The molecular weight excluding hydrogens is 461 g/mol. The van der Waals surface area contributed by atoms with Crippen molar-refractivity contribution in [1.82, 2.24) is 29.8 Å². The van der Waals surface area contributed by atoms with Gasteiger partial charge < -0.3 is 24.4 Å². The van der Waals surface area contributed by atoms with E-state index in [9.17, 15) is 4.39 Å². The van der Waals surface area contributed by atoms with Gasteiger partial charge in [-0.1, -0.05) is 12.1 Å². The van der Waals surface area contributed by atoms with Gasteiger partial charge in [-0.15, -0.1) is 0 Å². The van der Waals surface area contributed by atoms with Crippen molar-refractivity contribution in [3.05, 3.63) is 78.1 Å². The Kier molecular flexibility index (Phi) is 7.44. The molecule has 9 nitrogen and oxygen atoms in total. The van der Waals surface area contributed by atoms with E-state index in [1.54, 1.807) is 31.6 Å². The zero-order valence-electron chi connectivity index (χ0n) is 20.1. The number of halogens is 1. The summed E-state index contributed by atoms with van der Waals surface area (Å²) >= 11 is 0. The third-order valence-corrected chi connectivity index (χ3v) is 5.90. The van der Waals surface area contributed by atoms with Crippen LogP contribution in [0.4, 0.5) is 10.2 Å². The lowest BCUT2D eigenvalue weighted by Crippen LogP contribution is -2.22. The third-order valence-electron chi connectivity index (χ3n) is 5.90. The number of oxazole rings is 1. The van der Waals surface area contributed by atoms with Gasteiger partial charge in [0.2, 0.25) is 0 Å². The van der Waals surface area contributed by atoms with Crippen molar-refractivity contribution >= 4 is 28.0 Å². The predicted octanol–water partition coefficient (Wildman–Crippen LogP) is 3.74. The first-order chi connectivity index (χ1) is 17.7. The van der Waals surface area contributed by atoms with Crippen LogP contribution in [0.3, 0.4) is 0 Å². The summed E-state index contributed by atoms with van der Waals surface area (Å²) in [6.45, 7) is 3.10. The van der Waals surface area contributed by atoms with Crippen molar-refractivity contribution in [1.29, 1.82) is 0 Å². The Labute approximate surface area is 207 Å². The summed E-state index contributed by atoms with van der Waals surface area (Å²) in [5.74, 6) is 1.83. The quantitative estimate of drug-likeness (QED) is 0.256. The molecule has 0 unspecified atom stereocenters. The molecule has 0 atom stereocenters. The lowest BCUT2D eigenvalue weighted by Gasteiger charge is -2.09. The van der Waals surface area contributed by atoms with E-state index in [1.165, 1.54) is 6.07 Å². The first-order valence-electron chi connectivity index (χ1n) is 11.9. The summed E-state index contributed by atoms with van der Waals surface area (Å²) < 4.78 is 27.3. The van der Waals surface area contributed by atoms with Gasteiger partial charge >= 0.3 is 0 Å². The second-order valence-electron chi connectivity index (χ2n) is 8.31. The van der Waals surface area contributed by atoms with E-state index in [-0.39, 0.29) is 12.4 Å². The number of methoxy groups -OCH3 is 1. The Hall–Kier alpha value is -3.89. The second kappa shape index (κ2) is 11.2. The minimum Gasteiger partial charge on any atom is -0.440 e. The average molecular weight is 490 g/mol. The molecule has 5 aromatic rings. The van der Waals surface area contributed by atoms with Crippen LogP contribution in [0, 0.1) is 5.82 Å². The fraction of sp³-hybridized carbons (Fsp3) is 0.308. The Morgan fingerprint density at radius 3 is 2.78 bits per heavy atom. The fourth-order valence-electron chi connectivity index (χ4n) is 4.12. The smallest absolute Gasteiger partial charge is 0.196 e. The number of nitrogens with one attached hydrogen (secondary N) is 2. The number of para-hydroxylation sites is 2. The third kappa shape index (κ3) is 5.34. The number of rotatable bonds is 12. The van der Waals surface area contributed by atoms with Crippen LogP contribution in [0.5, 0.6) is 0 Å². The van der Waals surface area contributed by atoms with E-state index < -0.39 is 0 Å². The topological polar surface area (TPSA) is 103 Å². The van der Waals surface area contributed by atoms with Crippen molar-refractivity contribution in [3.8, 4) is 0 Å². The molecule has 0 aliphatic heterocycles. The van der Waals surface area contributed by atoms with Gasteiger partial charge in [-0.3, -0.25) is 4.98 Å². The number of benzene rings is 1. The SMILES string of the molecule is COCCn1c(CCNCCc2nc3c(NCc4ncccc4F)nccc3o2)nc2ccccc21. The van der Waals surface area contributed by atoms with Gasteiger partial charge in [-0.25, -0.2) is 19.3 Å². The van der Waals surface area contributed by atoms with Crippen LogP contribution < -0.4 is 10.6 Å². The molecule has 0 aliphatic carbocycles. The van der Waals surface area contributed by atoms with Gasteiger partial charge in [0.05, 0.1) is 29.9 Å². The normalized spacial score (nSPS) is 11.5. The standard InChI is InChI=1S/C26H28FN7O2/c1-35-16-15-34-21-7-3-2-6-19(21)32-23(34)9-12-28-13-10-24-33-25-22(36-24)8-14-30-26(25)31-17-20-18(27)5-4-11-29-20/h2-8,11,14,28H,9-10,12-13,15-17H2,1H3,(H,30,31). The highest BCUT2D eigenvalue weighted by atomic mass is 19.1. The van der Waals surface area contributed by atoms with Crippen LogP contribution in [0.15, 0.2) is 59.3 Å². The highest BCUT2D eigenvalue weighted by molar-refractivity contribution is 5.83. The number of nitrogens with zero attached hydrogens (tertiary/aromatic N) is 5. The molecule has 2 N–H and O–H groups in total. The number of aromatic nitrogens is 5. The second-order valence-corrected chi connectivity index (χ2v) is 8.31. The Balaban J connectivity index is 1.16. The summed E-state index contributed by atoms with van der Waals surface area (Å²) in [6.07, 6.45) is 4.63. The van der Waals surface area contributed by atoms with Crippen molar-refractivity contribution < 1.29 is 13.5 Å². The summed E-state index contributed by atoms with van der Waals surface area (Å²) in [4.78, 5) is 17.8. The fourth-order valence-corrected chi connectivity index (χ4v) is 4.12. The number of hydrogen-bond acceptors (Lipinski definition) is 8. The van der Waals surface area contributed by atoms with E-state index in [0.29, 0.717) is 48.1 Å². The summed E-state index contributed by atoms with van der Waals surface area (Å²) in [5, 5.41) is 6.57. The molecule has 186 valence electrons. The zero-order chi connectivity index (χ0) is 24.7. The van der Waals surface area contributed by atoms with Gasteiger partial charge in [0.15, 0.2) is 22.8 Å². The number of anilines is 1. The van der Waals surface area contributed by atoms with Crippen molar-refractivity contribution in [2.75, 3.05) is 32.1 Å². The van der Waals surface area contributed by atoms with E-state index >= 15 is 0 Å². The van der Waals surface area contributed by atoms with Gasteiger partial charge in [0.25, 0.3) is 0 Å². The highest BCUT2D eigenvalue weighted by Gasteiger charge is 2.13. The maximum Gasteiger partial charge on any atom is 0.196 e. The summed E-state index contributed by atoms with van der Waals surface area (Å²) in [7, 11) is 1.71. The maximum absolute atomic E-state index is 13.9. The van der Waals surface area contributed by atoms with Crippen LogP contribution >= 0.6 is 0 Å². The minimum atomic E-state index is -0.363. The first-order valence-corrected chi connectivity index (χ1v) is 11.9. The molecule has 0 radical (unpaired) electrons.